The summed E-state index contributed by atoms with van der Waals surface area (Å²) in [5.41, 5.74) is 0.0455. The Balaban J connectivity index is 0.921. The van der Waals surface area contributed by atoms with Crippen molar-refractivity contribution in [2.75, 3.05) is 32.7 Å². The molecule has 9 aliphatic rings. The van der Waals surface area contributed by atoms with E-state index < -0.39 is 5.41 Å². The molecule has 1 aliphatic heterocycles. The first kappa shape index (κ1) is 44.3. The van der Waals surface area contributed by atoms with Gasteiger partial charge in [0.25, 0.3) is 6.47 Å². The number of fused-ring (bicyclic) bond motifs is 7. The molecule has 8 nitrogen and oxygen atoms in total. The molecule has 8 heteroatoms. The third-order valence-corrected chi connectivity index (χ3v) is 23.1. The fourth-order valence-corrected chi connectivity index (χ4v) is 18.1. The van der Waals surface area contributed by atoms with E-state index in [2.05, 4.69) is 72.1 Å². The zero-order valence-corrected chi connectivity index (χ0v) is 40.3. The van der Waals surface area contributed by atoms with Crippen molar-refractivity contribution in [3.63, 3.8) is 0 Å². The second-order valence-electron chi connectivity index (χ2n) is 26.0. The van der Waals surface area contributed by atoms with Crippen LogP contribution < -0.4 is 0 Å². The van der Waals surface area contributed by atoms with E-state index in [9.17, 15) is 14.4 Å². The fraction of sp³-hybridized carbons (Fsp3) is 0.925. The Hall–Kier alpha value is -1.96. The molecule has 0 aromatic heterocycles. The van der Waals surface area contributed by atoms with Gasteiger partial charge in [0.2, 0.25) is 5.91 Å². The maximum Gasteiger partial charge on any atom is 0.310 e. The summed E-state index contributed by atoms with van der Waals surface area (Å²) in [5, 5.41) is 0. The lowest BCUT2D eigenvalue weighted by molar-refractivity contribution is -0.253. The highest BCUT2D eigenvalue weighted by Crippen LogP contribution is 2.79. The van der Waals surface area contributed by atoms with Gasteiger partial charge in [-0.3, -0.25) is 19.2 Å². The quantitative estimate of drug-likeness (QED) is 0.160. The van der Waals surface area contributed by atoms with Crippen LogP contribution in [0, 0.1) is 90.7 Å². The number of hydrogen-bond acceptors (Lipinski definition) is 7. The number of nitrogens with zero attached hydrogens (tertiary/aromatic N) is 2. The number of ether oxygens (including phenoxy) is 2. The van der Waals surface area contributed by atoms with Gasteiger partial charge in [0, 0.05) is 54.8 Å². The number of piperazine rings is 1. The minimum absolute atomic E-state index is 0.0360. The maximum absolute atomic E-state index is 15.4. The Morgan fingerprint density at radius 3 is 1.97 bits per heavy atom. The number of amides is 1. The molecule has 0 aromatic carbocycles. The van der Waals surface area contributed by atoms with Crippen molar-refractivity contribution < 1.29 is 28.7 Å². The Morgan fingerprint density at radius 1 is 0.639 bits per heavy atom. The van der Waals surface area contributed by atoms with Gasteiger partial charge in [-0.25, -0.2) is 0 Å². The van der Waals surface area contributed by atoms with Gasteiger partial charge >= 0.3 is 5.97 Å². The molecule has 9 rings (SSSR count). The first-order chi connectivity index (χ1) is 28.5. The largest absolute Gasteiger partial charge is 0.464 e. The Bertz CT molecular complexity index is 1780. The van der Waals surface area contributed by atoms with Crippen LogP contribution >= 0.6 is 0 Å². The average molecular weight is 845 g/mol. The number of ketones is 1. The van der Waals surface area contributed by atoms with Crippen LogP contribution in [0.4, 0.5) is 0 Å². The first-order valence-corrected chi connectivity index (χ1v) is 25.4. The summed E-state index contributed by atoms with van der Waals surface area (Å²) in [6, 6.07) is 0. The van der Waals surface area contributed by atoms with Gasteiger partial charge in [-0.2, -0.15) is 0 Å². The molecular weight excluding hydrogens is 761 g/mol. The highest BCUT2D eigenvalue weighted by Gasteiger charge is 2.74. The molecule has 9 fully saturated rings. The number of rotatable bonds is 10. The summed E-state index contributed by atoms with van der Waals surface area (Å²) in [5.74, 6) is 3.65. The predicted octanol–water partition coefficient (Wildman–Crippen LogP) is 10.2. The van der Waals surface area contributed by atoms with Crippen LogP contribution in [0.15, 0.2) is 0 Å². The summed E-state index contributed by atoms with van der Waals surface area (Å²) < 4.78 is 11.8. The number of esters is 1. The molecule has 0 unspecified atom stereocenters. The van der Waals surface area contributed by atoms with Gasteiger partial charge in [-0.05, 0) is 159 Å². The summed E-state index contributed by atoms with van der Waals surface area (Å²) in [7, 11) is 0. The van der Waals surface area contributed by atoms with E-state index in [-0.39, 0.29) is 62.5 Å². The second kappa shape index (κ2) is 14.5. The van der Waals surface area contributed by atoms with Crippen molar-refractivity contribution in [1.82, 2.24) is 9.80 Å². The van der Waals surface area contributed by atoms with Gasteiger partial charge in [-0.1, -0.05) is 76.2 Å². The molecule has 0 radical (unpaired) electrons. The van der Waals surface area contributed by atoms with Crippen LogP contribution in [-0.2, 0) is 28.7 Å². The van der Waals surface area contributed by atoms with Gasteiger partial charge in [-0.15, -0.1) is 0 Å². The number of likely N-dealkylation sites (N-methyl/N-ethyl adjacent to an activating group) is 1. The first-order valence-electron chi connectivity index (χ1n) is 25.4. The Labute approximate surface area is 369 Å². The van der Waals surface area contributed by atoms with Crippen LogP contribution in [0.25, 0.3) is 0 Å². The normalized spacial score (nSPS) is 47.5. The molecule has 61 heavy (non-hydrogen) atoms. The molecule has 1 saturated heterocycles. The molecule has 0 N–H and O–H groups in total. The van der Waals surface area contributed by atoms with E-state index in [1.165, 1.54) is 38.5 Å². The number of Topliss-reactive ketones (excluding diaryl/α,β-unsaturated/α-hetero) is 1. The SMILES string of the molecule is CCN1CCN(C(=O)[C@@H]2C[C@H](CC(=O)[C@]34CC[C@@H](C5(C)CC5)[C@@H]3[C@H]3CC[C@@H]5[C@@]6(C)CC[C@H](OC(=O)[C@H]7C[C@@H](OC=O)C7(C)C)C(C)(C)[C@@H]6CC[C@@]5(C)[C@]3(C)CC4)C2(C)C)CC1. The lowest BCUT2D eigenvalue weighted by Crippen LogP contribution is -2.67. The molecule has 0 bridgehead atoms. The van der Waals surface area contributed by atoms with E-state index in [0.717, 1.165) is 77.7 Å². The lowest BCUT2D eigenvalue weighted by atomic mass is 9.32. The summed E-state index contributed by atoms with van der Waals surface area (Å²) in [4.78, 5) is 58.7. The van der Waals surface area contributed by atoms with Crippen molar-refractivity contribution in [3.8, 4) is 0 Å². The zero-order valence-electron chi connectivity index (χ0n) is 40.3. The van der Waals surface area contributed by atoms with Gasteiger partial charge in [0.05, 0.1) is 5.92 Å². The molecular formula is C53H84N2O6. The van der Waals surface area contributed by atoms with Crippen LogP contribution in [-0.4, -0.2) is 78.9 Å². The van der Waals surface area contributed by atoms with E-state index in [4.69, 9.17) is 9.47 Å². The summed E-state index contributed by atoms with van der Waals surface area (Å²) in [6.45, 7) is 31.4. The van der Waals surface area contributed by atoms with E-state index in [1.54, 1.807) is 0 Å². The minimum atomic E-state index is -0.412. The molecule has 1 amide bonds. The van der Waals surface area contributed by atoms with E-state index in [1.807, 2.05) is 13.8 Å². The molecule has 342 valence electrons. The van der Waals surface area contributed by atoms with Gasteiger partial charge < -0.3 is 19.3 Å². The summed E-state index contributed by atoms with van der Waals surface area (Å²) in [6.07, 6.45) is 15.7. The monoisotopic (exact) mass is 845 g/mol. The lowest BCUT2D eigenvalue weighted by Gasteiger charge is -2.73. The third-order valence-electron chi connectivity index (χ3n) is 23.1. The summed E-state index contributed by atoms with van der Waals surface area (Å²) >= 11 is 0. The smallest absolute Gasteiger partial charge is 0.310 e. The van der Waals surface area contributed by atoms with E-state index >= 15 is 4.79 Å². The highest BCUT2D eigenvalue weighted by molar-refractivity contribution is 5.87. The van der Waals surface area contributed by atoms with Crippen molar-refractivity contribution >= 4 is 24.1 Å². The molecule has 0 aromatic rings. The average Bonchev–Trinajstić information content (AvgIpc) is 3.83. The van der Waals surface area contributed by atoms with Crippen molar-refractivity contribution in [2.45, 2.75) is 185 Å². The Morgan fingerprint density at radius 2 is 1.34 bits per heavy atom. The molecule has 8 aliphatic carbocycles. The molecule has 14 atom stereocenters. The zero-order chi connectivity index (χ0) is 43.9. The predicted molar refractivity (Wildman–Crippen MR) is 238 cm³/mol. The van der Waals surface area contributed by atoms with Crippen LogP contribution in [0.3, 0.4) is 0 Å². The second-order valence-corrected chi connectivity index (χ2v) is 26.0. The van der Waals surface area contributed by atoms with Crippen LogP contribution in [0.5, 0.6) is 0 Å². The topological polar surface area (TPSA) is 93.2 Å². The van der Waals surface area contributed by atoms with Crippen molar-refractivity contribution in [1.29, 1.82) is 0 Å². The fourth-order valence-electron chi connectivity index (χ4n) is 18.1. The maximum atomic E-state index is 15.4. The van der Waals surface area contributed by atoms with Crippen LogP contribution in [0.2, 0.25) is 0 Å². The minimum Gasteiger partial charge on any atom is -0.464 e. The molecule has 0 spiro atoms. The number of carbonyl (C=O) groups excluding carboxylic acids is 4. The standard InChI is InChI=1S/C53H84N2O6/c1-12-54-25-27-55(28-26-54)44(58)36-29-33(46(36,2)3)30-40(57)53-20-15-34(49(8)21-22-49)43(53)35-13-14-39-50(9)18-17-41(61-45(59)37-31-42(60-32-56)47(37,4)5)48(6,7)38(50)16-19-52(39,11)51(35,10)23-24-53/h32-39,41-43H,12-31H2,1-11H3/t33-,34-,35-,36+,37-,38+,39-,41+,42-,43-,50+,51-,52-,53-/m1/s1. The molecule has 8 saturated carbocycles. The van der Waals surface area contributed by atoms with Crippen molar-refractivity contribution in [3.05, 3.63) is 0 Å². The molecule has 1 heterocycles. The van der Waals surface area contributed by atoms with Crippen LogP contribution in [0.1, 0.15) is 172 Å². The van der Waals surface area contributed by atoms with Gasteiger partial charge in [0.1, 0.15) is 18.0 Å². The van der Waals surface area contributed by atoms with Gasteiger partial charge in [0.15, 0.2) is 0 Å². The Kier molecular flexibility index (Phi) is 10.5. The number of carbonyl (C=O) groups is 4. The highest BCUT2D eigenvalue weighted by atomic mass is 16.6. The number of hydrogen-bond donors (Lipinski definition) is 0. The van der Waals surface area contributed by atoms with Crippen molar-refractivity contribution in [2.24, 2.45) is 90.7 Å². The third kappa shape index (κ3) is 6.23. The van der Waals surface area contributed by atoms with E-state index in [0.29, 0.717) is 71.9 Å².